The Bertz CT molecular complexity index is 160. The van der Waals surface area contributed by atoms with E-state index in [0.717, 1.165) is 18.6 Å². The summed E-state index contributed by atoms with van der Waals surface area (Å²) in [6, 6.07) is 0. The van der Waals surface area contributed by atoms with Crippen LogP contribution in [0.4, 0.5) is 0 Å². The molecule has 0 saturated heterocycles. The van der Waals surface area contributed by atoms with Gasteiger partial charge in [0.15, 0.2) is 5.16 Å². The van der Waals surface area contributed by atoms with Crippen LogP contribution in [0.1, 0.15) is 19.8 Å². The van der Waals surface area contributed by atoms with Gasteiger partial charge in [0.25, 0.3) is 0 Å². The molecule has 3 heteroatoms. The molecule has 0 saturated carbocycles. The van der Waals surface area contributed by atoms with Gasteiger partial charge < -0.3 is 0 Å². The third-order valence-corrected chi connectivity index (χ3v) is 1.25. The summed E-state index contributed by atoms with van der Waals surface area (Å²) in [6.45, 7) is 2.10. The summed E-state index contributed by atoms with van der Waals surface area (Å²) >= 11 is 5.52. The van der Waals surface area contributed by atoms with Crippen LogP contribution in [0.5, 0.6) is 0 Å². The number of hydrogen-bond donors (Lipinski definition) is 0. The molecule has 0 aromatic carbocycles. The Balaban J connectivity index is 2.43. The summed E-state index contributed by atoms with van der Waals surface area (Å²) in [7, 11) is 0. The Morgan fingerprint density at radius 2 is 2.44 bits per heavy atom. The fourth-order valence-electron chi connectivity index (χ4n) is 0.686. The molecular formula is C6H8ClN2. The smallest absolute Gasteiger partial charge is 0.153 e. The molecule has 0 spiro atoms. The molecule has 0 atom stereocenters. The van der Waals surface area contributed by atoms with E-state index in [1.807, 2.05) is 0 Å². The summed E-state index contributed by atoms with van der Waals surface area (Å²) in [5, 5.41) is 4.32. The number of allylic oxidation sites excluding steroid dienone is 1. The molecule has 0 fully saturated rings. The second kappa shape index (κ2) is 2.87. The first-order valence-electron chi connectivity index (χ1n) is 2.97. The SMILES string of the molecule is CCCC1=N[N]C(Cl)=C1. The van der Waals surface area contributed by atoms with E-state index in [4.69, 9.17) is 11.6 Å². The number of hydrogen-bond acceptors (Lipinski definition) is 1. The fraction of sp³-hybridized carbons (Fsp3) is 0.500. The third kappa shape index (κ3) is 1.72. The van der Waals surface area contributed by atoms with E-state index in [-0.39, 0.29) is 0 Å². The lowest BCUT2D eigenvalue weighted by atomic mass is 10.2. The number of halogens is 1. The molecule has 1 heterocycles. The van der Waals surface area contributed by atoms with Crippen molar-refractivity contribution in [1.82, 2.24) is 5.43 Å². The van der Waals surface area contributed by atoms with Gasteiger partial charge in [-0.3, -0.25) is 0 Å². The van der Waals surface area contributed by atoms with E-state index in [1.54, 1.807) is 6.08 Å². The molecule has 9 heavy (non-hydrogen) atoms. The van der Waals surface area contributed by atoms with Gasteiger partial charge in [0.2, 0.25) is 0 Å². The summed E-state index contributed by atoms with van der Waals surface area (Å²) < 4.78 is 0. The van der Waals surface area contributed by atoms with E-state index in [9.17, 15) is 0 Å². The van der Waals surface area contributed by atoms with Gasteiger partial charge >= 0.3 is 0 Å². The predicted octanol–water partition coefficient (Wildman–Crippen LogP) is 1.84. The molecule has 1 aliphatic rings. The van der Waals surface area contributed by atoms with Crippen LogP contribution in [0.2, 0.25) is 0 Å². The quantitative estimate of drug-likeness (QED) is 0.528. The van der Waals surface area contributed by atoms with E-state index >= 15 is 0 Å². The normalized spacial score (nSPS) is 16.7. The Morgan fingerprint density at radius 3 is 2.89 bits per heavy atom. The zero-order valence-corrected chi connectivity index (χ0v) is 6.02. The van der Waals surface area contributed by atoms with Crippen molar-refractivity contribution in [3.05, 3.63) is 11.2 Å². The third-order valence-electron chi connectivity index (χ3n) is 1.07. The molecule has 0 unspecified atom stereocenters. The van der Waals surface area contributed by atoms with Crippen LogP contribution in [0, 0.1) is 0 Å². The molecule has 0 aliphatic carbocycles. The van der Waals surface area contributed by atoms with Crippen molar-refractivity contribution in [2.45, 2.75) is 19.8 Å². The van der Waals surface area contributed by atoms with Crippen LogP contribution in [0.15, 0.2) is 16.3 Å². The maximum atomic E-state index is 5.52. The highest BCUT2D eigenvalue weighted by Gasteiger charge is 2.04. The maximum Gasteiger partial charge on any atom is 0.153 e. The van der Waals surface area contributed by atoms with E-state index in [0.29, 0.717) is 5.16 Å². The lowest BCUT2D eigenvalue weighted by molar-refractivity contribution is 0.926. The molecule has 0 N–H and O–H groups in total. The highest BCUT2D eigenvalue weighted by atomic mass is 35.5. The topological polar surface area (TPSA) is 26.5 Å². The second-order valence-corrected chi connectivity index (χ2v) is 2.30. The lowest BCUT2D eigenvalue weighted by Gasteiger charge is -1.86. The van der Waals surface area contributed by atoms with E-state index < -0.39 is 0 Å². The van der Waals surface area contributed by atoms with Gasteiger partial charge in [-0.1, -0.05) is 24.9 Å². The van der Waals surface area contributed by atoms with E-state index in [1.165, 1.54) is 0 Å². The minimum atomic E-state index is 0.499. The first-order chi connectivity index (χ1) is 4.33. The van der Waals surface area contributed by atoms with Crippen molar-refractivity contribution in [2.75, 3.05) is 0 Å². The molecule has 1 radical (unpaired) electrons. The van der Waals surface area contributed by atoms with Crippen molar-refractivity contribution in [1.29, 1.82) is 0 Å². The predicted molar refractivity (Wildman–Crippen MR) is 38.4 cm³/mol. The molecule has 0 amide bonds. The van der Waals surface area contributed by atoms with Gasteiger partial charge in [0.1, 0.15) is 0 Å². The molecule has 1 rings (SSSR count). The minimum Gasteiger partial charge on any atom is -0.154 e. The summed E-state index contributed by atoms with van der Waals surface area (Å²) in [4.78, 5) is 0. The molecular weight excluding hydrogens is 136 g/mol. The van der Waals surface area contributed by atoms with Crippen molar-refractivity contribution in [3.8, 4) is 0 Å². The Hall–Kier alpha value is -0.500. The fourth-order valence-corrected chi connectivity index (χ4v) is 0.849. The number of nitrogens with zero attached hydrogens (tertiary/aromatic N) is 2. The van der Waals surface area contributed by atoms with Gasteiger partial charge in [-0.15, -0.1) is 5.43 Å². The molecule has 2 nitrogen and oxygen atoms in total. The summed E-state index contributed by atoms with van der Waals surface area (Å²) in [5.41, 5.74) is 4.64. The van der Waals surface area contributed by atoms with Crippen LogP contribution in [-0.2, 0) is 0 Å². The van der Waals surface area contributed by atoms with Gasteiger partial charge in [-0.05, 0) is 6.42 Å². The minimum absolute atomic E-state index is 0.499. The van der Waals surface area contributed by atoms with Crippen LogP contribution in [-0.4, -0.2) is 5.71 Å². The molecule has 0 bridgehead atoms. The van der Waals surface area contributed by atoms with Crippen molar-refractivity contribution >= 4 is 17.3 Å². The first-order valence-corrected chi connectivity index (χ1v) is 3.35. The average molecular weight is 144 g/mol. The van der Waals surface area contributed by atoms with Crippen LogP contribution in [0.25, 0.3) is 0 Å². The first kappa shape index (κ1) is 6.62. The van der Waals surface area contributed by atoms with Crippen LogP contribution >= 0.6 is 11.6 Å². The van der Waals surface area contributed by atoms with Crippen molar-refractivity contribution in [3.63, 3.8) is 0 Å². The molecule has 0 aromatic heterocycles. The standard InChI is InChI=1S/C6H8ClN2/c1-2-3-5-4-6(7)9-8-5/h4H,2-3H2,1H3. The largest absolute Gasteiger partial charge is 0.154 e. The number of rotatable bonds is 2. The average Bonchev–Trinajstić information content (AvgIpc) is 2.17. The Kier molecular flexibility index (Phi) is 2.11. The van der Waals surface area contributed by atoms with Gasteiger partial charge in [-0.2, -0.15) is 5.10 Å². The monoisotopic (exact) mass is 143 g/mol. The van der Waals surface area contributed by atoms with Gasteiger partial charge in [0.05, 0.1) is 5.71 Å². The Morgan fingerprint density at radius 1 is 1.67 bits per heavy atom. The van der Waals surface area contributed by atoms with Crippen LogP contribution < -0.4 is 5.43 Å². The zero-order valence-electron chi connectivity index (χ0n) is 5.26. The summed E-state index contributed by atoms with van der Waals surface area (Å²) in [6.07, 6.45) is 3.86. The van der Waals surface area contributed by atoms with Gasteiger partial charge in [0, 0.05) is 6.08 Å². The molecule has 49 valence electrons. The van der Waals surface area contributed by atoms with Crippen molar-refractivity contribution in [2.24, 2.45) is 5.10 Å². The zero-order chi connectivity index (χ0) is 6.69. The maximum absolute atomic E-state index is 5.52. The Labute approximate surface area is 59.6 Å². The van der Waals surface area contributed by atoms with Crippen molar-refractivity contribution < 1.29 is 0 Å². The summed E-state index contributed by atoms with van der Waals surface area (Å²) in [5.74, 6) is 0. The van der Waals surface area contributed by atoms with Crippen LogP contribution in [0.3, 0.4) is 0 Å². The lowest BCUT2D eigenvalue weighted by Crippen LogP contribution is -1.88. The van der Waals surface area contributed by atoms with Gasteiger partial charge in [-0.25, -0.2) is 0 Å². The molecule has 1 aliphatic heterocycles. The highest BCUT2D eigenvalue weighted by molar-refractivity contribution is 6.31. The second-order valence-electron chi connectivity index (χ2n) is 1.91. The highest BCUT2D eigenvalue weighted by Crippen LogP contribution is 2.08. The van der Waals surface area contributed by atoms with E-state index in [2.05, 4.69) is 17.5 Å². The molecule has 0 aromatic rings.